The Hall–Kier alpha value is -2.04. The first-order chi connectivity index (χ1) is 17.7. The Morgan fingerprint density at radius 3 is 2.11 bits per heavy atom. The van der Waals surface area contributed by atoms with Gasteiger partial charge in [-0.15, -0.1) is 20.6 Å². The third-order valence-electron chi connectivity index (χ3n) is 5.42. The Labute approximate surface area is 231 Å². The fourth-order valence-electron chi connectivity index (χ4n) is 3.64. The molecule has 1 aromatic heterocycles. The Morgan fingerprint density at radius 1 is 0.973 bits per heavy atom. The molecule has 0 fully saturated rings. The Kier molecular flexibility index (Phi) is 19.8. The lowest BCUT2D eigenvalue weighted by molar-refractivity contribution is -0.120. The lowest BCUT2D eigenvalue weighted by atomic mass is 10.0. The van der Waals surface area contributed by atoms with Crippen molar-refractivity contribution in [3.8, 4) is 0 Å². The third kappa shape index (κ3) is 14.5. The maximum absolute atomic E-state index is 12.3. The van der Waals surface area contributed by atoms with Gasteiger partial charge in [-0.25, -0.2) is 4.79 Å². The van der Waals surface area contributed by atoms with E-state index >= 15 is 0 Å². The molecule has 1 aromatic carbocycles. The number of Topliss-reactive ketones (excluding diaryl/α,β-unsaturated/α-hetero) is 1. The number of aryl methyl sites for hydroxylation is 2. The van der Waals surface area contributed by atoms with Gasteiger partial charge in [-0.1, -0.05) is 65.8 Å². The van der Waals surface area contributed by atoms with E-state index in [9.17, 15) is 14.4 Å². The van der Waals surface area contributed by atoms with Crippen LogP contribution in [0.1, 0.15) is 93.3 Å². The molecule has 5 nitrogen and oxygen atoms in total. The largest absolute Gasteiger partial charge is 0.465 e. The molecule has 0 bridgehead atoms. The second-order valence-corrected chi connectivity index (χ2v) is 10.7. The van der Waals surface area contributed by atoms with Crippen molar-refractivity contribution in [2.45, 2.75) is 92.0 Å². The number of carbonyl (C=O) groups is 3. The number of esters is 1. The van der Waals surface area contributed by atoms with Crippen LogP contribution in [0.15, 0.2) is 36.4 Å². The maximum atomic E-state index is 12.3. The second kappa shape index (κ2) is 21.0. The molecule has 0 spiro atoms. The molecule has 1 amide bonds. The van der Waals surface area contributed by atoms with E-state index in [4.69, 9.17) is 4.74 Å². The summed E-state index contributed by atoms with van der Waals surface area (Å²) in [4.78, 5) is 38.9. The number of methoxy groups -OCH3 is 1. The fraction of sp³-hybridized carbons (Fsp3) is 0.567. The van der Waals surface area contributed by atoms with Crippen molar-refractivity contribution in [1.82, 2.24) is 0 Å². The van der Waals surface area contributed by atoms with E-state index in [1.54, 1.807) is 6.07 Å². The summed E-state index contributed by atoms with van der Waals surface area (Å²) in [7, 11) is 3.78. The predicted molar refractivity (Wildman–Crippen MR) is 162 cm³/mol. The number of carbonyl (C=O) groups excluding carboxylic acids is 3. The molecular weight excluding hydrogens is 501 g/mol. The molecule has 0 saturated carbocycles. The highest BCUT2D eigenvalue weighted by Crippen LogP contribution is 2.23. The number of ketones is 1. The average molecular weight is 550 g/mol. The smallest absolute Gasteiger partial charge is 0.348 e. The van der Waals surface area contributed by atoms with Crippen LogP contribution in [0.2, 0.25) is 0 Å². The number of amides is 1. The molecule has 7 heteroatoms. The van der Waals surface area contributed by atoms with Crippen molar-refractivity contribution in [2.24, 2.45) is 5.92 Å². The van der Waals surface area contributed by atoms with Crippen LogP contribution in [0.3, 0.4) is 0 Å². The lowest BCUT2D eigenvalue weighted by Gasteiger charge is -2.26. The van der Waals surface area contributed by atoms with E-state index in [1.807, 2.05) is 24.9 Å². The predicted octanol–water partition coefficient (Wildman–Crippen LogP) is 7.75. The summed E-state index contributed by atoms with van der Waals surface area (Å²) in [6, 6.07) is 11.1. The molecule has 1 heterocycles. The second-order valence-electron chi connectivity index (χ2n) is 9.50. The summed E-state index contributed by atoms with van der Waals surface area (Å²) in [5, 5.41) is 0. The molecule has 0 aliphatic rings. The van der Waals surface area contributed by atoms with Crippen LogP contribution in [0.25, 0.3) is 0 Å². The highest BCUT2D eigenvalue weighted by molar-refractivity contribution is 7.15. The highest BCUT2D eigenvalue weighted by atomic mass is 32.1. The number of hydrogen-bond donors (Lipinski definition) is 0. The van der Waals surface area contributed by atoms with Gasteiger partial charge in [0.2, 0.25) is 6.41 Å². The third-order valence-corrected chi connectivity index (χ3v) is 6.55. The molecule has 2 aromatic rings. The first-order valence-corrected chi connectivity index (χ1v) is 15.3. The van der Waals surface area contributed by atoms with Gasteiger partial charge in [-0.2, -0.15) is 0 Å². The van der Waals surface area contributed by atoms with E-state index in [2.05, 4.69) is 49.1 Å². The van der Waals surface area contributed by atoms with E-state index in [0.29, 0.717) is 11.3 Å². The van der Waals surface area contributed by atoms with Gasteiger partial charge in [0.25, 0.3) is 0 Å². The van der Waals surface area contributed by atoms with Gasteiger partial charge in [0, 0.05) is 10.6 Å². The van der Waals surface area contributed by atoms with Crippen LogP contribution in [0.5, 0.6) is 0 Å². The number of rotatable bonds is 14. The van der Waals surface area contributed by atoms with Crippen molar-refractivity contribution in [3.63, 3.8) is 0 Å². The molecule has 37 heavy (non-hydrogen) atoms. The van der Waals surface area contributed by atoms with E-state index < -0.39 is 6.04 Å². The molecule has 2 rings (SSSR count). The summed E-state index contributed by atoms with van der Waals surface area (Å²) in [5.41, 5.74) is 2.00. The molecule has 0 saturated heterocycles. The summed E-state index contributed by atoms with van der Waals surface area (Å²) in [6.45, 7) is 12.2. The SMILES string of the molecule is CC(C)C.CCCCCCc1ccc(N(C=O)C(CCCc2ccc(C(=O)OC)s2)C(C)=O)cc1.CP. The highest BCUT2D eigenvalue weighted by Gasteiger charge is 2.23. The minimum atomic E-state index is -0.493. The Morgan fingerprint density at radius 2 is 1.59 bits per heavy atom. The summed E-state index contributed by atoms with van der Waals surface area (Å²) in [5.74, 6) is 0.468. The van der Waals surface area contributed by atoms with Crippen LogP contribution >= 0.6 is 20.6 Å². The molecular formula is C30H48NO4PS. The number of anilines is 1. The Bertz CT molecular complexity index is 892. The average Bonchev–Trinajstić information content (AvgIpc) is 3.36. The zero-order valence-electron chi connectivity index (χ0n) is 23.9. The lowest BCUT2D eigenvalue weighted by Crippen LogP contribution is -2.39. The van der Waals surface area contributed by atoms with Crippen LogP contribution < -0.4 is 4.90 Å². The molecule has 0 N–H and O–H groups in total. The molecule has 0 radical (unpaired) electrons. The summed E-state index contributed by atoms with van der Waals surface area (Å²) >= 11 is 1.40. The molecule has 0 aliphatic heterocycles. The van der Waals surface area contributed by atoms with E-state index in [-0.39, 0.29) is 11.8 Å². The van der Waals surface area contributed by atoms with Crippen LogP contribution in [-0.4, -0.2) is 38.0 Å². The van der Waals surface area contributed by atoms with Crippen LogP contribution in [0, 0.1) is 5.92 Å². The van der Waals surface area contributed by atoms with Crippen molar-refractivity contribution >= 4 is 44.4 Å². The fourth-order valence-corrected chi connectivity index (χ4v) is 4.60. The maximum Gasteiger partial charge on any atom is 0.348 e. The Balaban J connectivity index is 0.00000196. The molecule has 0 aliphatic carbocycles. The molecule has 208 valence electrons. The van der Waals surface area contributed by atoms with E-state index in [0.717, 1.165) is 42.2 Å². The van der Waals surface area contributed by atoms with Gasteiger partial charge >= 0.3 is 5.97 Å². The number of nitrogens with zero attached hydrogens (tertiary/aromatic N) is 1. The first kappa shape index (κ1) is 35.0. The number of hydrogen-bond acceptors (Lipinski definition) is 5. The zero-order chi connectivity index (χ0) is 28.2. The molecule has 2 atom stereocenters. The van der Waals surface area contributed by atoms with Crippen molar-refractivity contribution < 1.29 is 19.1 Å². The van der Waals surface area contributed by atoms with Crippen molar-refractivity contribution in [3.05, 3.63) is 51.7 Å². The first-order valence-electron chi connectivity index (χ1n) is 13.3. The van der Waals surface area contributed by atoms with E-state index in [1.165, 1.54) is 61.5 Å². The van der Waals surface area contributed by atoms with Gasteiger partial charge < -0.3 is 9.64 Å². The summed E-state index contributed by atoms with van der Waals surface area (Å²) < 4.78 is 4.74. The van der Waals surface area contributed by atoms with Gasteiger partial charge in [-0.3, -0.25) is 9.59 Å². The zero-order valence-corrected chi connectivity index (χ0v) is 25.9. The molecule has 2 unspecified atom stereocenters. The monoisotopic (exact) mass is 549 g/mol. The standard InChI is InChI=1S/C25H33NO4S.C4H10.CH5P/c1-4-5-6-7-9-20-12-14-21(15-13-20)26(18-27)23(19(2)28)11-8-10-22-16-17-24(31-22)25(29)30-3;1-4(2)3;1-2/h12-18,23H,4-11H2,1-3H3;4H,1-3H3;2H2,1H3. The van der Waals surface area contributed by atoms with Gasteiger partial charge in [-0.05, 0) is 74.8 Å². The quantitative estimate of drug-likeness (QED) is 0.105. The number of benzene rings is 1. The topological polar surface area (TPSA) is 63.7 Å². The number of ether oxygens (including phenoxy) is 1. The normalized spacial score (nSPS) is 10.9. The minimum absolute atomic E-state index is 0.0304. The van der Waals surface area contributed by atoms with Gasteiger partial charge in [0.15, 0.2) is 5.78 Å². The van der Waals surface area contributed by atoms with Gasteiger partial charge in [0.05, 0.1) is 13.2 Å². The van der Waals surface area contributed by atoms with Crippen molar-refractivity contribution in [2.75, 3.05) is 18.7 Å². The van der Waals surface area contributed by atoms with Crippen LogP contribution in [-0.2, 0) is 27.2 Å². The number of unbranched alkanes of at least 4 members (excludes halogenated alkanes) is 3. The van der Waals surface area contributed by atoms with Crippen molar-refractivity contribution in [1.29, 1.82) is 0 Å². The summed E-state index contributed by atoms with van der Waals surface area (Å²) in [6.07, 6.45) is 8.72. The minimum Gasteiger partial charge on any atom is -0.465 e. The van der Waals surface area contributed by atoms with Gasteiger partial charge in [0.1, 0.15) is 4.88 Å². The van der Waals surface area contributed by atoms with Crippen LogP contribution in [0.4, 0.5) is 5.69 Å². The number of thiophene rings is 1.